The lowest BCUT2D eigenvalue weighted by Gasteiger charge is -2.50. The minimum absolute atomic E-state index is 0.0519. The van der Waals surface area contributed by atoms with Crippen LogP contribution in [0.1, 0.15) is 102 Å². The lowest BCUT2D eigenvalue weighted by atomic mass is 9.74. The fourth-order valence-corrected chi connectivity index (χ4v) is 6.62. The van der Waals surface area contributed by atoms with Crippen LogP contribution in [0.4, 0.5) is 14.4 Å². The van der Waals surface area contributed by atoms with Crippen molar-refractivity contribution < 1.29 is 58.2 Å². The van der Waals surface area contributed by atoms with E-state index in [-0.39, 0.29) is 31.8 Å². The zero-order chi connectivity index (χ0) is 38.2. The monoisotopic (exact) mass is 716 g/mol. The van der Waals surface area contributed by atoms with Gasteiger partial charge in [0.05, 0.1) is 24.8 Å². The molecule has 50 heavy (non-hydrogen) atoms. The van der Waals surface area contributed by atoms with Crippen molar-refractivity contribution in [1.82, 2.24) is 20.9 Å². The van der Waals surface area contributed by atoms with Gasteiger partial charge in [0, 0.05) is 32.0 Å². The molecule has 0 aromatic rings. The first-order chi connectivity index (χ1) is 22.6. The Balaban J connectivity index is 1.79. The van der Waals surface area contributed by atoms with E-state index in [0.717, 1.165) is 4.90 Å². The number of alkyl carbamates (subject to hydrolysis) is 2. The number of aliphatic hydroxyl groups is 3. The van der Waals surface area contributed by atoms with Crippen molar-refractivity contribution in [3.63, 3.8) is 0 Å². The summed E-state index contributed by atoms with van der Waals surface area (Å²) in [6.07, 6.45) is -5.23. The van der Waals surface area contributed by atoms with Crippen LogP contribution in [0.3, 0.4) is 0 Å². The average molecular weight is 717 g/mol. The number of hydrogen-bond acceptors (Lipinski definition) is 12. The Hall–Kier alpha value is -2.92. The molecule has 0 bridgehead atoms. The standard InChI is InChI=1S/C34H60N4O12/c1-18-13-19(35-27(41)48-30(2,3)4)14-21(37-26(40)34(45)15-20(16-34)36-28(42)49-31(5,6)7)23(18)47-25-22(39)24(33(11,44)17-46-25)38(12)29(43)50-32(8,9)10/h18-25,39,44-45H,13-17H2,1-12H3,(H,35,41)(H,36,42)(H,37,40)/t18-,19+,20?,21+,22+,23+,24+,25+,33-,34?/m0/s1. The predicted molar refractivity (Wildman–Crippen MR) is 180 cm³/mol. The van der Waals surface area contributed by atoms with Crippen LogP contribution in [0, 0.1) is 5.92 Å². The van der Waals surface area contributed by atoms with Crippen LogP contribution in [0.5, 0.6) is 0 Å². The molecule has 0 aromatic heterocycles. The molecule has 0 aromatic carbocycles. The van der Waals surface area contributed by atoms with E-state index in [9.17, 15) is 34.5 Å². The molecule has 16 nitrogen and oxygen atoms in total. The van der Waals surface area contributed by atoms with E-state index in [1.807, 2.05) is 6.92 Å². The van der Waals surface area contributed by atoms with E-state index in [4.69, 9.17) is 23.7 Å². The molecule has 3 rings (SSSR count). The van der Waals surface area contributed by atoms with Gasteiger partial charge in [0.25, 0.3) is 5.91 Å². The van der Waals surface area contributed by atoms with Gasteiger partial charge in [-0.15, -0.1) is 0 Å². The summed E-state index contributed by atoms with van der Waals surface area (Å²) in [6.45, 7) is 18.5. The van der Waals surface area contributed by atoms with Crippen molar-refractivity contribution >= 4 is 24.2 Å². The molecule has 3 aliphatic rings. The summed E-state index contributed by atoms with van der Waals surface area (Å²) in [6, 6.07) is -2.92. The highest BCUT2D eigenvalue weighted by Crippen LogP contribution is 2.37. The number of ether oxygens (including phenoxy) is 5. The summed E-state index contributed by atoms with van der Waals surface area (Å²) in [5.41, 5.74) is -5.74. The lowest BCUT2D eigenvalue weighted by Crippen LogP contribution is -2.69. The van der Waals surface area contributed by atoms with Gasteiger partial charge in [-0.1, -0.05) is 6.92 Å². The second-order valence-corrected chi connectivity index (χ2v) is 17.3. The van der Waals surface area contributed by atoms with Gasteiger partial charge in [-0.05, 0) is 88.0 Å². The van der Waals surface area contributed by atoms with Crippen LogP contribution in [-0.2, 0) is 28.5 Å². The number of nitrogens with zero attached hydrogens (tertiary/aromatic N) is 1. The number of carbonyl (C=O) groups is 4. The van der Waals surface area contributed by atoms with Crippen molar-refractivity contribution in [3.8, 4) is 0 Å². The van der Waals surface area contributed by atoms with Crippen LogP contribution in [0.2, 0.25) is 0 Å². The molecule has 1 heterocycles. The van der Waals surface area contributed by atoms with E-state index in [1.54, 1.807) is 62.3 Å². The molecule has 0 spiro atoms. The van der Waals surface area contributed by atoms with Gasteiger partial charge in [0.2, 0.25) is 0 Å². The Morgan fingerprint density at radius 3 is 1.80 bits per heavy atom. The Labute approximate surface area is 295 Å². The third kappa shape index (κ3) is 11.3. The Morgan fingerprint density at radius 2 is 1.30 bits per heavy atom. The van der Waals surface area contributed by atoms with Crippen molar-refractivity contribution in [2.24, 2.45) is 5.92 Å². The highest BCUT2D eigenvalue weighted by molar-refractivity contribution is 5.87. The summed E-state index contributed by atoms with van der Waals surface area (Å²) in [4.78, 5) is 52.5. The van der Waals surface area contributed by atoms with Gasteiger partial charge in [-0.2, -0.15) is 0 Å². The summed E-state index contributed by atoms with van der Waals surface area (Å²) in [5, 5.41) is 42.2. The molecule has 288 valence electrons. The van der Waals surface area contributed by atoms with Crippen molar-refractivity contribution in [2.75, 3.05) is 13.7 Å². The van der Waals surface area contributed by atoms with Crippen molar-refractivity contribution in [2.45, 2.75) is 173 Å². The predicted octanol–water partition coefficient (Wildman–Crippen LogP) is 2.30. The fourth-order valence-electron chi connectivity index (χ4n) is 6.62. The summed E-state index contributed by atoms with van der Waals surface area (Å²) < 4.78 is 28.3. The molecule has 16 heteroatoms. The third-order valence-electron chi connectivity index (χ3n) is 8.67. The number of aliphatic hydroxyl groups excluding tert-OH is 1. The Morgan fingerprint density at radius 1 is 0.800 bits per heavy atom. The maximum Gasteiger partial charge on any atom is 0.410 e. The summed E-state index contributed by atoms with van der Waals surface area (Å²) in [5.74, 6) is -1.04. The molecule has 8 atom stereocenters. The van der Waals surface area contributed by atoms with E-state index in [0.29, 0.717) is 6.42 Å². The molecular formula is C34H60N4O12. The summed E-state index contributed by atoms with van der Waals surface area (Å²) in [7, 11) is 1.41. The van der Waals surface area contributed by atoms with Crippen LogP contribution in [-0.4, -0.2) is 129 Å². The third-order valence-corrected chi connectivity index (χ3v) is 8.67. The maximum atomic E-state index is 13.6. The first-order valence-corrected chi connectivity index (χ1v) is 17.2. The minimum Gasteiger partial charge on any atom is -0.444 e. The SMILES string of the molecule is C[C@H]1C[C@@H](NC(=O)OC(C)(C)C)C[C@@H](NC(=O)C2(O)CC(NC(=O)OC(C)(C)C)C2)[C@@H]1O[C@H]1OC[C@](C)(O)[C@H](N(C)C(=O)OC(C)(C)C)[C@H]1O. The average Bonchev–Trinajstić information content (AvgIpc) is 2.87. The molecule has 0 unspecified atom stereocenters. The number of hydrogen-bond donors (Lipinski definition) is 6. The topological polar surface area (TPSA) is 214 Å². The fraction of sp³-hybridized carbons (Fsp3) is 0.882. The zero-order valence-electron chi connectivity index (χ0n) is 31.6. The number of likely N-dealkylation sites (N-methyl/N-ethyl adjacent to an activating group) is 1. The van der Waals surface area contributed by atoms with Crippen LogP contribution >= 0.6 is 0 Å². The number of carbonyl (C=O) groups excluding carboxylic acids is 4. The zero-order valence-corrected chi connectivity index (χ0v) is 31.6. The molecule has 3 fully saturated rings. The van der Waals surface area contributed by atoms with Gasteiger partial charge < -0.3 is 59.9 Å². The molecule has 1 saturated heterocycles. The maximum absolute atomic E-state index is 13.6. The van der Waals surface area contributed by atoms with Gasteiger partial charge in [-0.25, -0.2) is 14.4 Å². The molecule has 4 amide bonds. The molecule has 6 N–H and O–H groups in total. The normalized spacial score (nSPS) is 34.8. The number of nitrogens with one attached hydrogen (secondary N) is 3. The number of amides is 4. The van der Waals surface area contributed by atoms with E-state index in [2.05, 4.69) is 16.0 Å². The highest BCUT2D eigenvalue weighted by Gasteiger charge is 2.54. The van der Waals surface area contributed by atoms with Gasteiger partial charge in [0.1, 0.15) is 34.1 Å². The Kier molecular flexibility index (Phi) is 12.4. The molecule has 1 aliphatic heterocycles. The van der Waals surface area contributed by atoms with Gasteiger partial charge >= 0.3 is 18.3 Å². The largest absolute Gasteiger partial charge is 0.444 e. The first-order valence-electron chi connectivity index (χ1n) is 17.2. The molecule has 0 radical (unpaired) electrons. The van der Waals surface area contributed by atoms with Crippen molar-refractivity contribution in [1.29, 1.82) is 0 Å². The highest BCUT2D eigenvalue weighted by atomic mass is 16.7. The van der Waals surface area contributed by atoms with Crippen molar-refractivity contribution in [3.05, 3.63) is 0 Å². The second kappa shape index (κ2) is 15.0. The second-order valence-electron chi connectivity index (χ2n) is 17.3. The van der Waals surface area contributed by atoms with Crippen LogP contribution in [0.15, 0.2) is 0 Å². The van der Waals surface area contributed by atoms with E-state index >= 15 is 0 Å². The smallest absolute Gasteiger partial charge is 0.410 e. The molecular weight excluding hydrogens is 656 g/mol. The van der Waals surface area contributed by atoms with E-state index in [1.165, 1.54) is 14.0 Å². The molecule has 2 aliphatic carbocycles. The number of rotatable bonds is 7. The van der Waals surface area contributed by atoms with Crippen LogP contribution in [0.25, 0.3) is 0 Å². The Bertz CT molecular complexity index is 1230. The lowest BCUT2D eigenvalue weighted by molar-refractivity contribution is -0.298. The quantitative estimate of drug-likeness (QED) is 0.210. The van der Waals surface area contributed by atoms with E-state index < -0.39 is 94.9 Å². The van der Waals surface area contributed by atoms with Gasteiger partial charge in [-0.3, -0.25) is 4.79 Å². The van der Waals surface area contributed by atoms with Crippen LogP contribution < -0.4 is 16.0 Å². The summed E-state index contributed by atoms with van der Waals surface area (Å²) >= 11 is 0. The minimum atomic E-state index is -1.79. The molecule has 2 saturated carbocycles. The first kappa shape index (κ1) is 41.5. The van der Waals surface area contributed by atoms with Gasteiger partial charge in [0.15, 0.2) is 6.29 Å².